The van der Waals surface area contributed by atoms with Crippen molar-refractivity contribution in [1.82, 2.24) is 15.5 Å². The Morgan fingerprint density at radius 2 is 2.00 bits per heavy atom. The van der Waals surface area contributed by atoms with Gasteiger partial charge in [0.05, 0.1) is 11.2 Å². The van der Waals surface area contributed by atoms with Crippen molar-refractivity contribution in [1.29, 1.82) is 0 Å². The second-order valence-corrected chi connectivity index (χ2v) is 5.21. The minimum absolute atomic E-state index is 0.444. The third-order valence-electron chi connectivity index (χ3n) is 1.95. The molecule has 0 bridgehead atoms. The Bertz CT molecular complexity index is 350. The average molecular weight is 225 g/mol. The number of hydrogen-bond acceptors (Lipinski definition) is 3. The first-order chi connectivity index (χ1) is 7.21. The summed E-state index contributed by atoms with van der Waals surface area (Å²) in [5.74, 6) is 0. The molecule has 0 saturated carbocycles. The van der Waals surface area contributed by atoms with Crippen LogP contribution in [0.2, 0.25) is 0 Å². The molecule has 1 heterocycles. The fraction of sp³-hybridized carbons (Fsp3) is 0.636. The standard InChI is InChI=1S/C11H19N3O2/c1-10(2,3)16-9(15)13-11(4,5)8-6-7-12-14-8/h6-7H,1-5H3,(H,12,14)(H,13,15). The maximum Gasteiger partial charge on any atom is 0.408 e. The SMILES string of the molecule is CC(C)(C)OC(=O)NC(C)(C)c1cc[nH]n1. The van der Waals surface area contributed by atoms with Crippen molar-refractivity contribution in [2.45, 2.75) is 45.8 Å². The largest absolute Gasteiger partial charge is 0.444 e. The van der Waals surface area contributed by atoms with Crippen LogP contribution in [0.15, 0.2) is 12.3 Å². The number of hydrogen-bond donors (Lipinski definition) is 2. The molecule has 0 fully saturated rings. The highest BCUT2D eigenvalue weighted by atomic mass is 16.6. The molecule has 0 aliphatic rings. The first-order valence-electron chi connectivity index (χ1n) is 5.22. The van der Waals surface area contributed by atoms with Crippen LogP contribution in [-0.4, -0.2) is 21.9 Å². The van der Waals surface area contributed by atoms with E-state index in [4.69, 9.17) is 4.74 Å². The molecule has 0 aliphatic heterocycles. The van der Waals surface area contributed by atoms with Crippen LogP contribution in [0.5, 0.6) is 0 Å². The molecule has 0 radical (unpaired) electrons. The van der Waals surface area contributed by atoms with Gasteiger partial charge in [-0.2, -0.15) is 5.10 Å². The van der Waals surface area contributed by atoms with Gasteiger partial charge in [0.2, 0.25) is 0 Å². The topological polar surface area (TPSA) is 67.0 Å². The number of ether oxygens (including phenoxy) is 1. The van der Waals surface area contributed by atoms with Gasteiger partial charge in [-0.15, -0.1) is 0 Å². The van der Waals surface area contributed by atoms with Gasteiger partial charge in [0.15, 0.2) is 0 Å². The monoisotopic (exact) mass is 225 g/mol. The van der Waals surface area contributed by atoms with E-state index in [2.05, 4.69) is 15.5 Å². The minimum Gasteiger partial charge on any atom is -0.444 e. The first kappa shape index (κ1) is 12.5. The van der Waals surface area contributed by atoms with Crippen molar-refractivity contribution < 1.29 is 9.53 Å². The Hall–Kier alpha value is -1.52. The van der Waals surface area contributed by atoms with E-state index >= 15 is 0 Å². The smallest absolute Gasteiger partial charge is 0.408 e. The Kier molecular flexibility index (Phi) is 3.26. The Morgan fingerprint density at radius 3 is 2.44 bits per heavy atom. The van der Waals surface area contributed by atoms with Crippen LogP contribution in [0.3, 0.4) is 0 Å². The zero-order valence-corrected chi connectivity index (χ0v) is 10.4. The number of alkyl carbamates (subject to hydrolysis) is 1. The molecule has 0 aromatic carbocycles. The van der Waals surface area contributed by atoms with Gasteiger partial charge < -0.3 is 10.1 Å². The highest BCUT2D eigenvalue weighted by molar-refractivity contribution is 5.68. The lowest BCUT2D eigenvalue weighted by atomic mass is 10.0. The Morgan fingerprint density at radius 1 is 1.38 bits per heavy atom. The predicted molar refractivity (Wildman–Crippen MR) is 61.0 cm³/mol. The maximum absolute atomic E-state index is 11.6. The lowest BCUT2D eigenvalue weighted by Gasteiger charge is -2.27. The third kappa shape index (κ3) is 3.56. The summed E-state index contributed by atoms with van der Waals surface area (Å²) in [7, 11) is 0. The third-order valence-corrected chi connectivity index (χ3v) is 1.95. The number of aromatic amines is 1. The highest BCUT2D eigenvalue weighted by Crippen LogP contribution is 2.18. The van der Waals surface area contributed by atoms with Crippen LogP contribution >= 0.6 is 0 Å². The molecule has 0 unspecified atom stereocenters. The zero-order chi connectivity index (χ0) is 12.4. The second kappa shape index (κ2) is 4.15. The number of nitrogens with zero attached hydrogens (tertiary/aromatic N) is 1. The number of carbonyl (C=O) groups excluding carboxylic acids is 1. The maximum atomic E-state index is 11.6. The van der Waals surface area contributed by atoms with Gasteiger partial charge >= 0.3 is 6.09 Å². The van der Waals surface area contributed by atoms with E-state index in [0.29, 0.717) is 0 Å². The molecule has 0 atom stereocenters. The lowest BCUT2D eigenvalue weighted by molar-refractivity contribution is 0.0468. The second-order valence-electron chi connectivity index (χ2n) is 5.21. The first-order valence-corrected chi connectivity index (χ1v) is 5.22. The number of rotatable bonds is 2. The van der Waals surface area contributed by atoms with Crippen molar-refractivity contribution in [3.63, 3.8) is 0 Å². The summed E-state index contributed by atoms with van der Waals surface area (Å²) in [4.78, 5) is 11.6. The fourth-order valence-electron chi connectivity index (χ4n) is 1.23. The quantitative estimate of drug-likeness (QED) is 0.810. The van der Waals surface area contributed by atoms with Crippen molar-refractivity contribution in [3.8, 4) is 0 Å². The summed E-state index contributed by atoms with van der Waals surface area (Å²) in [5.41, 5.74) is -0.285. The summed E-state index contributed by atoms with van der Waals surface area (Å²) in [6, 6.07) is 1.82. The van der Waals surface area contributed by atoms with Crippen molar-refractivity contribution >= 4 is 6.09 Å². The summed E-state index contributed by atoms with van der Waals surface area (Å²) in [6.45, 7) is 9.22. The molecule has 0 aliphatic carbocycles. The molecule has 16 heavy (non-hydrogen) atoms. The molecule has 0 spiro atoms. The van der Waals surface area contributed by atoms with E-state index in [-0.39, 0.29) is 0 Å². The molecule has 1 rings (SSSR count). The van der Waals surface area contributed by atoms with E-state index < -0.39 is 17.2 Å². The van der Waals surface area contributed by atoms with E-state index in [1.807, 2.05) is 40.7 Å². The summed E-state index contributed by atoms with van der Waals surface area (Å²) in [6.07, 6.45) is 1.27. The number of H-pyrrole nitrogens is 1. The minimum atomic E-state index is -0.553. The van der Waals surface area contributed by atoms with Crippen LogP contribution in [0.25, 0.3) is 0 Å². The zero-order valence-electron chi connectivity index (χ0n) is 10.4. The fourth-order valence-corrected chi connectivity index (χ4v) is 1.23. The summed E-state index contributed by atoms with van der Waals surface area (Å²) >= 11 is 0. The van der Waals surface area contributed by atoms with Crippen LogP contribution in [0, 0.1) is 0 Å². The van der Waals surface area contributed by atoms with Gasteiger partial charge in [-0.25, -0.2) is 4.79 Å². The van der Waals surface area contributed by atoms with Crippen molar-refractivity contribution in [3.05, 3.63) is 18.0 Å². The molecule has 2 N–H and O–H groups in total. The molecule has 5 nitrogen and oxygen atoms in total. The number of carbonyl (C=O) groups is 1. The Labute approximate surface area is 95.6 Å². The number of amides is 1. The van der Waals surface area contributed by atoms with Gasteiger partial charge in [0.1, 0.15) is 5.60 Å². The highest BCUT2D eigenvalue weighted by Gasteiger charge is 2.27. The van der Waals surface area contributed by atoms with Gasteiger partial charge in [-0.05, 0) is 40.7 Å². The van der Waals surface area contributed by atoms with E-state index in [9.17, 15) is 4.79 Å². The van der Waals surface area contributed by atoms with E-state index in [0.717, 1.165) is 5.69 Å². The van der Waals surface area contributed by atoms with Crippen LogP contribution in [-0.2, 0) is 10.3 Å². The normalized spacial score (nSPS) is 12.3. The molecule has 0 saturated heterocycles. The molecule has 90 valence electrons. The Balaban J connectivity index is 2.64. The number of aromatic nitrogens is 2. The van der Waals surface area contributed by atoms with Crippen molar-refractivity contribution in [2.24, 2.45) is 0 Å². The van der Waals surface area contributed by atoms with Gasteiger partial charge in [-0.1, -0.05) is 0 Å². The van der Waals surface area contributed by atoms with Gasteiger partial charge in [0.25, 0.3) is 0 Å². The lowest BCUT2D eigenvalue weighted by Crippen LogP contribution is -2.44. The van der Waals surface area contributed by atoms with Crippen LogP contribution in [0.1, 0.15) is 40.3 Å². The van der Waals surface area contributed by atoms with E-state index in [1.54, 1.807) is 6.20 Å². The molecular weight excluding hydrogens is 206 g/mol. The summed E-state index contributed by atoms with van der Waals surface area (Å²) in [5, 5.41) is 9.53. The van der Waals surface area contributed by atoms with Crippen LogP contribution < -0.4 is 5.32 Å². The molecule has 5 heteroatoms. The number of nitrogens with one attached hydrogen (secondary N) is 2. The van der Waals surface area contributed by atoms with Crippen LogP contribution in [0.4, 0.5) is 4.79 Å². The predicted octanol–water partition coefficient (Wildman–Crippen LogP) is 2.17. The van der Waals surface area contributed by atoms with Gasteiger partial charge in [0, 0.05) is 6.20 Å². The average Bonchev–Trinajstić information content (AvgIpc) is 2.49. The van der Waals surface area contributed by atoms with Gasteiger partial charge in [-0.3, -0.25) is 5.10 Å². The molecule has 1 aromatic heterocycles. The van der Waals surface area contributed by atoms with Crippen molar-refractivity contribution in [2.75, 3.05) is 0 Å². The molecule has 1 amide bonds. The van der Waals surface area contributed by atoms with E-state index in [1.165, 1.54) is 0 Å². The summed E-state index contributed by atoms with van der Waals surface area (Å²) < 4.78 is 5.18. The molecular formula is C11H19N3O2. The molecule has 1 aromatic rings.